The number of allylic oxidation sites excluding steroid dienone is 1. The predicted octanol–water partition coefficient (Wildman–Crippen LogP) is 13.7. The molecule has 0 fully saturated rings. The molecule has 0 aliphatic heterocycles. The van der Waals surface area contributed by atoms with Crippen LogP contribution in [-0.2, 0) is 6.42 Å². The highest BCUT2D eigenvalue weighted by Gasteiger charge is 2.27. The highest BCUT2D eigenvalue weighted by Crippen LogP contribution is 2.44. The molecule has 0 spiro atoms. The number of aryl methyl sites for hydroxylation is 1. The zero-order chi connectivity index (χ0) is 41.9. The highest BCUT2D eigenvalue weighted by atomic mass is 15.3. The lowest BCUT2D eigenvalue weighted by Crippen LogP contribution is -2.11. The van der Waals surface area contributed by atoms with Crippen molar-refractivity contribution in [3.8, 4) is 34.7 Å². The Balaban J connectivity index is 1.11. The third-order valence-corrected chi connectivity index (χ3v) is 13.3. The number of hydrogen-bond donors (Lipinski definition) is 0. The summed E-state index contributed by atoms with van der Waals surface area (Å²) in [7, 11) is 0. The molecule has 0 atom stereocenters. The lowest BCUT2D eigenvalue weighted by atomic mass is 9.98. The third kappa shape index (κ3) is 4.89. The van der Waals surface area contributed by atoms with Crippen LogP contribution in [0.1, 0.15) is 17.7 Å². The molecular formula is C57H37N7. The van der Waals surface area contributed by atoms with Gasteiger partial charge in [0, 0.05) is 54.6 Å². The van der Waals surface area contributed by atoms with Crippen LogP contribution in [0.4, 0.5) is 0 Å². The molecule has 5 heterocycles. The molecule has 5 aromatic heterocycles. The maximum absolute atomic E-state index is 5.61. The van der Waals surface area contributed by atoms with Gasteiger partial charge in [0.15, 0.2) is 5.82 Å². The Labute approximate surface area is 367 Å². The quantitative estimate of drug-likeness (QED) is 0.174. The molecule has 0 radical (unpaired) electrons. The average molecular weight is 820 g/mol. The van der Waals surface area contributed by atoms with E-state index in [1.54, 1.807) is 0 Å². The number of hydrogen-bond acceptors (Lipinski definition) is 3. The van der Waals surface area contributed by atoms with Crippen LogP contribution < -0.4 is 0 Å². The van der Waals surface area contributed by atoms with E-state index < -0.39 is 0 Å². The minimum absolute atomic E-state index is 0.566. The average Bonchev–Trinajstić information content (AvgIpc) is 4.09. The summed E-state index contributed by atoms with van der Waals surface area (Å²) >= 11 is 0. The van der Waals surface area contributed by atoms with Gasteiger partial charge in [0.2, 0.25) is 11.9 Å². The van der Waals surface area contributed by atoms with Crippen molar-refractivity contribution in [3.63, 3.8) is 0 Å². The number of aromatic nitrogens is 7. The van der Waals surface area contributed by atoms with Gasteiger partial charge in [-0.25, -0.2) is 0 Å². The first-order chi connectivity index (χ1) is 31.8. The summed E-state index contributed by atoms with van der Waals surface area (Å²) in [6.45, 7) is 0. The molecule has 14 rings (SSSR count). The molecule has 0 N–H and O–H groups in total. The minimum atomic E-state index is 0.566. The third-order valence-electron chi connectivity index (χ3n) is 13.3. The van der Waals surface area contributed by atoms with Gasteiger partial charge in [-0.3, -0.25) is 9.13 Å². The van der Waals surface area contributed by atoms with Crippen molar-refractivity contribution in [1.29, 1.82) is 0 Å². The van der Waals surface area contributed by atoms with Gasteiger partial charge in [-0.05, 0) is 85.1 Å². The second-order valence-corrected chi connectivity index (χ2v) is 16.7. The van der Waals surface area contributed by atoms with E-state index in [0.29, 0.717) is 17.7 Å². The molecule has 7 nitrogen and oxygen atoms in total. The molecule has 0 amide bonds. The second-order valence-electron chi connectivity index (χ2n) is 16.7. The Bertz CT molecular complexity index is 4060. The van der Waals surface area contributed by atoms with Gasteiger partial charge in [-0.15, -0.1) is 0 Å². The molecule has 300 valence electrons. The Morgan fingerprint density at radius 3 is 1.52 bits per heavy atom. The van der Waals surface area contributed by atoms with Crippen molar-refractivity contribution in [2.75, 3.05) is 0 Å². The molecule has 0 saturated carbocycles. The first-order valence-corrected chi connectivity index (χ1v) is 21.9. The normalized spacial score (nSPS) is 12.8. The van der Waals surface area contributed by atoms with Crippen molar-refractivity contribution >= 4 is 82.4 Å². The lowest BCUT2D eigenvalue weighted by molar-refractivity contribution is 0.867. The zero-order valence-electron chi connectivity index (χ0n) is 34.6. The van der Waals surface area contributed by atoms with Gasteiger partial charge in [-0.1, -0.05) is 133 Å². The van der Waals surface area contributed by atoms with Crippen molar-refractivity contribution in [3.05, 3.63) is 205 Å². The van der Waals surface area contributed by atoms with Crippen molar-refractivity contribution in [1.82, 2.24) is 33.2 Å². The predicted molar refractivity (Wildman–Crippen MR) is 262 cm³/mol. The summed E-state index contributed by atoms with van der Waals surface area (Å²) in [5.74, 6) is 1.76. The second kappa shape index (κ2) is 13.5. The first-order valence-electron chi connectivity index (χ1n) is 21.9. The number of rotatable bonds is 5. The van der Waals surface area contributed by atoms with Crippen molar-refractivity contribution < 1.29 is 0 Å². The van der Waals surface area contributed by atoms with E-state index in [-0.39, 0.29) is 0 Å². The molecular weight excluding hydrogens is 783 g/mol. The van der Waals surface area contributed by atoms with Gasteiger partial charge < -0.3 is 9.13 Å². The molecule has 7 heteroatoms. The van der Waals surface area contributed by atoms with Gasteiger partial charge in [0.25, 0.3) is 0 Å². The molecule has 64 heavy (non-hydrogen) atoms. The Morgan fingerprint density at radius 2 is 0.859 bits per heavy atom. The van der Waals surface area contributed by atoms with Gasteiger partial charge in [0.05, 0.1) is 44.3 Å². The van der Waals surface area contributed by atoms with Gasteiger partial charge >= 0.3 is 0 Å². The Kier molecular flexibility index (Phi) is 7.39. The SMILES string of the molecule is C1=Cc2c(c3c4c5ccccc5n(-c5ccccc5)c4ccc3n2-c2nc(-c3ccccc3)nc(-n3c4ccccc4c4ccc5c(c6ccccc6n5-c5ccccc5)c43)n2)CC1. The summed E-state index contributed by atoms with van der Waals surface area (Å²) in [6.07, 6.45) is 6.44. The van der Waals surface area contributed by atoms with Gasteiger partial charge in [-0.2, -0.15) is 15.0 Å². The maximum Gasteiger partial charge on any atom is 0.240 e. The molecule has 0 unspecified atom stereocenters. The standard InChI is InChI=1S/C57H37N7/c1-4-18-36(19-5-1)55-58-56(63-47-31-17-12-26-42(47)52-49(63)35-34-48-51(52)41-25-11-15-29-45(41)61(48)37-20-6-2-7-21-37)60-57(59-55)64-44-28-14-10-24-39(44)40-32-33-50-53(54(40)64)43-27-13-16-30-46(43)62(50)38-22-8-3-9-23-38/h1-11,13-25,27-35H,12,26H2. The van der Waals surface area contributed by atoms with Crippen LogP contribution in [0.25, 0.3) is 117 Å². The van der Waals surface area contributed by atoms with Gasteiger partial charge in [0.1, 0.15) is 0 Å². The van der Waals surface area contributed by atoms with Crippen molar-refractivity contribution in [2.45, 2.75) is 12.8 Å². The molecule has 0 bridgehead atoms. The topological polar surface area (TPSA) is 58.4 Å². The zero-order valence-corrected chi connectivity index (χ0v) is 34.6. The lowest BCUT2D eigenvalue weighted by Gasteiger charge is -2.14. The monoisotopic (exact) mass is 819 g/mol. The van der Waals surface area contributed by atoms with Crippen LogP contribution in [0.2, 0.25) is 0 Å². The summed E-state index contributed by atoms with van der Waals surface area (Å²) in [4.78, 5) is 16.4. The number of nitrogens with zero attached hydrogens (tertiary/aromatic N) is 7. The van der Waals surface area contributed by atoms with Crippen LogP contribution in [0, 0.1) is 0 Å². The minimum Gasteiger partial charge on any atom is -0.309 e. The first kappa shape index (κ1) is 35.1. The number of benzene rings is 8. The van der Waals surface area contributed by atoms with E-state index in [1.165, 1.54) is 38.1 Å². The molecule has 1 aliphatic carbocycles. The highest BCUT2D eigenvalue weighted by molar-refractivity contribution is 6.26. The smallest absolute Gasteiger partial charge is 0.240 e. The Hall–Kier alpha value is -8.55. The molecule has 8 aromatic carbocycles. The van der Waals surface area contributed by atoms with E-state index in [1.807, 2.05) is 6.07 Å². The molecule has 13 aromatic rings. The maximum atomic E-state index is 5.61. The molecule has 1 aliphatic rings. The van der Waals surface area contributed by atoms with E-state index >= 15 is 0 Å². The summed E-state index contributed by atoms with van der Waals surface area (Å²) in [5.41, 5.74) is 13.4. The van der Waals surface area contributed by atoms with E-state index in [2.05, 4.69) is 212 Å². The summed E-state index contributed by atoms with van der Waals surface area (Å²) in [6, 6.07) is 66.9. The van der Waals surface area contributed by atoms with Crippen molar-refractivity contribution in [2.24, 2.45) is 0 Å². The van der Waals surface area contributed by atoms with Crippen LogP contribution in [0.3, 0.4) is 0 Å². The summed E-state index contributed by atoms with van der Waals surface area (Å²) in [5, 5.41) is 8.34. The summed E-state index contributed by atoms with van der Waals surface area (Å²) < 4.78 is 9.35. The molecule has 0 saturated heterocycles. The van der Waals surface area contributed by atoms with Crippen LogP contribution >= 0.6 is 0 Å². The van der Waals surface area contributed by atoms with E-state index in [9.17, 15) is 0 Å². The number of fused-ring (bicyclic) bond motifs is 14. The number of para-hydroxylation sites is 5. The Morgan fingerprint density at radius 1 is 0.359 bits per heavy atom. The fourth-order valence-electron chi connectivity index (χ4n) is 10.7. The largest absolute Gasteiger partial charge is 0.309 e. The fourth-order valence-corrected chi connectivity index (χ4v) is 10.7. The van der Waals surface area contributed by atoms with E-state index in [0.717, 1.165) is 79.2 Å². The van der Waals surface area contributed by atoms with Crippen LogP contribution in [0.15, 0.2) is 194 Å². The van der Waals surface area contributed by atoms with E-state index in [4.69, 9.17) is 15.0 Å². The van der Waals surface area contributed by atoms with Crippen LogP contribution in [-0.4, -0.2) is 33.2 Å². The van der Waals surface area contributed by atoms with Crippen LogP contribution in [0.5, 0.6) is 0 Å². The fraction of sp³-hybridized carbons (Fsp3) is 0.0351.